The number of hydrogen-bond acceptors (Lipinski definition) is 2. The van der Waals surface area contributed by atoms with E-state index in [1.807, 2.05) is 19.3 Å². The summed E-state index contributed by atoms with van der Waals surface area (Å²) in [6.07, 6.45) is 3.84. The maximum absolute atomic E-state index is 4.60. The molecule has 0 fully saturated rings. The summed E-state index contributed by atoms with van der Waals surface area (Å²) in [5.41, 5.74) is 2.48. The summed E-state index contributed by atoms with van der Waals surface area (Å²) >= 11 is 0. The van der Waals surface area contributed by atoms with Gasteiger partial charge >= 0.3 is 0 Å². The lowest BCUT2D eigenvalue weighted by molar-refractivity contribution is 0.760. The van der Waals surface area contributed by atoms with Crippen LogP contribution in [0.1, 0.15) is 30.8 Å². The van der Waals surface area contributed by atoms with Gasteiger partial charge in [-0.2, -0.15) is 0 Å². The Balaban J connectivity index is 2.04. The van der Waals surface area contributed by atoms with Crippen molar-refractivity contribution in [2.45, 2.75) is 33.9 Å². The smallest absolute Gasteiger partial charge is 0.191 e. The molecule has 0 unspecified atom stereocenters. The second-order valence-electron chi connectivity index (χ2n) is 5.15. The van der Waals surface area contributed by atoms with Gasteiger partial charge in [-0.1, -0.05) is 24.3 Å². The van der Waals surface area contributed by atoms with Crippen molar-refractivity contribution in [1.82, 2.24) is 20.2 Å². The number of aryl methyl sites for hydroxylation is 1. The van der Waals surface area contributed by atoms with Gasteiger partial charge in [0.1, 0.15) is 5.82 Å². The number of imidazole rings is 1. The topological polar surface area (TPSA) is 54.2 Å². The van der Waals surface area contributed by atoms with Crippen LogP contribution in [0.2, 0.25) is 0 Å². The van der Waals surface area contributed by atoms with Crippen LogP contribution in [0.5, 0.6) is 0 Å². The Kier molecular flexibility index (Phi) is 6.01. The highest BCUT2D eigenvalue weighted by molar-refractivity contribution is 5.79. The van der Waals surface area contributed by atoms with Gasteiger partial charge < -0.3 is 15.2 Å². The summed E-state index contributed by atoms with van der Waals surface area (Å²) in [7, 11) is 0. The Morgan fingerprint density at radius 1 is 1.18 bits per heavy atom. The molecular formula is C17H25N5. The molecule has 0 spiro atoms. The second-order valence-corrected chi connectivity index (χ2v) is 5.15. The summed E-state index contributed by atoms with van der Waals surface area (Å²) in [6.45, 7) is 9.41. The van der Waals surface area contributed by atoms with Crippen LogP contribution in [0.4, 0.5) is 0 Å². The lowest BCUT2D eigenvalue weighted by Gasteiger charge is -2.10. The molecule has 0 radical (unpaired) electrons. The van der Waals surface area contributed by atoms with Crippen LogP contribution in [0.25, 0.3) is 0 Å². The number of hydrogen-bond donors (Lipinski definition) is 2. The molecule has 5 nitrogen and oxygen atoms in total. The number of aliphatic imine (C=N–C) groups is 1. The van der Waals surface area contributed by atoms with E-state index in [1.54, 1.807) is 0 Å². The van der Waals surface area contributed by atoms with Crippen LogP contribution < -0.4 is 10.6 Å². The lowest BCUT2D eigenvalue weighted by Crippen LogP contribution is -2.36. The van der Waals surface area contributed by atoms with Crippen molar-refractivity contribution in [2.75, 3.05) is 13.1 Å². The first-order chi connectivity index (χ1) is 10.7. The molecule has 118 valence electrons. The quantitative estimate of drug-likeness (QED) is 0.636. The molecule has 0 aliphatic heterocycles. The molecule has 2 N–H and O–H groups in total. The molecule has 0 atom stereocenters. The highest BCUT2D eigenvalue weighted by Gasteiger charge is 2.01. The third-order valence-corrected chi connectivity index (χ3v) is 3.38. The van der Waals surface area contributed by atoms with Crippen molar-refractivity contribution in [3.63, 3.8) is 0 Å². The fourth-order valence-corrected chi connectivity index (χ4v) is 2.27. The average Bonchev–Trinajstić information content (AvgIpc) is 2.91. The van der Waals surface area contributed by atoms with Crippen molar-refractivity contribution in [2.24, 2.45) is 4.99 Å². The minimum absolute atomic E-state index is 0.673. The van der Waals surface area contributed by atoms with Gasteiger partial charge in [-0.3, -0.25) is 0 Å². The Bertz CT molecular complexity index is 607. The fourth-order valence-electron chi connectivity index (χ4n) is 2.27. The Labute approximate surface area is 132 Å². The first-order valence-corrected chi connectivity index (χ1v) is 7.80. The molecule has 0 aliphatic rings. The predicted molar refractivity (Wildman–Crippen MR) is 91.0 cm³/mol. The Morgan fingerprint density at radius 2 is 1.91 bits per heavy atom. The zero-order valence-corrected chi connectivity index (χ0v) is 13.6. The third kappa shape index (κ3) is 4.62. The molecule has 0 bridgehead atoms. The van der Waals surface area contributed by atoms with Gasteiger partial charge in [-0.25, -0.2) is 9.98 Å². The minimum atomic E-state index is 0.673. The average molecular weight is 299 g/mol. The minimum Gasteiger partial charge on any atom is -0.357 e. The normalized spacial score (nSPS) is 10.3. The standard InChI is InChI=1S/C17H25N5/c1-4-18-17(19-5-2)21-12-15-7-6-8-16(11-15)13-22-10-9-20-14(22)3/h6-11H,4-5,12-13H2,1-3H3,(H2,18,19,21). The zero-order valence-electron chi connectivity index (χ0n) is 13.6. The molecule has 2 aromatic rings. The van der Waals surface area contributed by atoms with Gasteiger partial charge in [-0.05, 0) is 31.9 Å². The van der Waals surface area contributed by atoms with Crippen LogP contribution in [0, 0.1) is 6.92 Å². The van der Waals surface area contributed by atoms with Gasteiger partial charge in [0.15, 0.2) is 5.96 Å². The van der Waals surface area contributed by atoms with E-state index in [0.29, 0.717) is 6.54 Å². The predicted octanol–water partition coefficient (Wildman–Crippen LogP) is 2.31. The monoisotopic (exact) mass is 299 g/mol. The van der Waals surface area contributed by atoms with Crippen LogP contribution in [-0.2, 0) is 13.1 Å². The van der Waals surface area contributed by atoms with Gasteiger partial charge in [0.05, 0.1) is 6.54 Å². The molecule has 0 aliphatic carbocycles. The summed E-state index contributed by atoms with van der Waals surface area (Å²) in [6, 6.07) is 8.55. The summed E-state index contributed by atoms with van der Waals surface area (Å²) < 4.78 is 2.14. The van der Waals surface area contributed by atoms with Crippen LogP contribution in [0.15, 0.2) is 41.7 Å². The lowest BCUT2D eigenvalue weighted by atomic mass is 10.1. The van der Waals surface area contributed by atoms with Crippen molar-refractivity contribution in [1.29, 1.82) is 0 Å². The first-order valence-electron chi connectivity index (χ1n) is 7.80. The van der Waals surface area contributed by atoms with E-state index in [0.717, 1.165) is 31.4 Å². The van der Waals surface area contributed by atoms with Gasteiger partial charge in [0.25, 0.3) is 0 Å². The van der Waals surface area contributed by atoms with E-state index < -0.39 is 0 Å². The Morgan fingerprint density at radius 3 is 2.55 bits per heavy atom. The molecule has 0 saturated heterocycles. The number of nitrogens with one attached hydrogen (secondary N) is 2. The van der Waals surface area contributed by atoms with Crippen LogP contribution >= 0.6 is 0 Å². The highest BCUT2D eigenvalue weighted by Crippen LogP contribution is 2.09. The third-order valence-electron chi connectivity index (χ3n) is 3.38. The van der Waals surface area contributed by atoms with Gasteiger partial charge in [-0.15, -0.1) is 0 Å². The van der Waals surface area contributed by atoms with E-state index in [9.17, 15) is 0 Å². The number of aromatic nitrogens is 2. The van der Waals surface area contributed by atoms with Crippen molar-refractivity contribution < 1.29 is 0 Å². The molecule has 0 amide bonds. The van der Waals surface area contributed by atoms with Gasteiger partial charge in [0, 0.05) is 32.0 Å². The van der Waals surface area contributed by atoms with Crippen LogP contribution in [0.3, 0.4) is 0 Å². The number of nitrogens with zero attached hydrogens (tertiary/aromatic N) is 3. The number of guanidine groups is 1. The maximum atomic E-state index is 4.60. The summed E-state index contributed by atoms with van der Waals surface area (Å²) in [4.78, 5) is 8.86. The molecule has 1 aromatic heterocycles. The van der Waals surface area contributed by atoms with E-state index in [1.165, 1.54) is 11.1 Å². The van der Waals surface area contributed by atoms with Crippen LogP contribution in [-0.4, -0.2) is 28.6 Å². The number of benzene rings is 1. The molecule has 2 rings (SSSR count). The number of rotatable bonds is 6. The maximum Gasteiger partial charge on any atom is 0.191 e. The Hall–Kier alpha value is -2.30. The first kappa shape index (κ1) is 16.1. The van der Waals surface area contributed by atoms with E-state index >= 15 is 0 Å². The molecule has 22 heavy (non-hydrogen) atoms. The fraction of sp³-hybridized carbons (Fsp3) is 0.412. The van der Waals surface area contributed by atoms with Crippen molar-refractivity contribution in [3.05, 3.63) is 53.6 Å². The molecule has 0 saturated carbocycles. The van der Waals surface area contributed by atoms with E-state index in [2.05, 4.69) is 63.3 Å². The summed E-state index contributed by atoms with van der Waals surface area (Å²) in [5, 5.41) is 6.48. The van der Waals surface area contributed by atoms with Gasteiger partial charge in [0.2, 0.25) is 0 Å². The van der Waals surface area contributed by atoms with Crippen molar-refractivity contribution >= 4 is 5.96 Å². The molecule has 5 heteroatoms. The zero-order chi connectivity index (χ0) is 15.8. The summed E-state index contributed by atoms with van der Waals surface area (Å²) in [5.74, 6) is 1.89. The molecular weight excluding hydrogens is 274 g/mol. The second kappa shape index (κ2) is 8.22. The SMILES string of the molecule is CCNC(=NCc1cccc(Cn2ccnc2C)c1)NCC. The van der Waals surface area contributed by atoms with E-state index in [4.69, 9.17) is 0 Å². The molecule has 1 heterocycles. The largest absolute Gasteiger partial charge is 0.357 e. The van der Waals surface area contributed by atoms with Crippen molar-refractivity contribution in [3.8, 4) is 0 Å². The highest BCUT2D eigenvalue weighted by atomic mass is 15.2. The molecule has 1 aromatic carbocycles. The van der Waals surface area contributed by atoms with E-state index in [-0.39, 0.29) is 0 Å².